The molecule has 112 valence electrons. The molecule has 1 aromatic rings. The summed E-state index contributed by atoms with van der Waals surface area (Å²) >= 11 is 0. The van der Waals surface area contributed by atoms with Gasteiger partial charge in [0.25, 0.3) is 0 Å². The molecule has 2 rings (SSSR count). The van der Waals surface area contributed by atoms with Crippen molar-refractivity contribution >= 4 is 17.7 Å². The van der Waals surface area contributed by atoms with Crippen molar-refractivity contribution in [2.75, 3.05) is 13.7 Å². The quantitative estimate of drug-likeness (QED) is 0.827. The van der Waals surface area contributed by atoms with E-state index in [4.69, 9.17) is 9.47 Å². The molecule has 6 heteroatoms. The number of nitrogens with one attached hydrogen (secondary N) is 2. The molecule has 0 spiro atoms. The van der Waals surface area contributed by atoms with Crippen molar-refractivity contribution < 1.29 is 19.1 Å². The van der Waals surface area contributed by atoms with Gasteiger partial charge in [-0.2, -0.15) is 0 Å². The van der Waals surface area contributed by atoms with Crippen LogP contribution in [-0.4, -0.2) is 31.8 Å². The van der Waals surface area contributed by atoms with Crippen LogP contribution in [0.25, 0.3) is 5.70 Å². The third-order valence-electron chi connectivity index (χ3n) is 3.16. The van der Waals surface area contributed by atoms with Gasteiger partial charge in [0.15, 0.2) is 0 Å². The number of methoxy groups -OCH3 is 1. The summed E-state index contributed by atoms with van der Waals surface area (Å²) in [6.45, 7) is 3.74. The van der Waals surface area contributed by atoms with Crippen LogP contribution in [0.1, 0.15) is 19.4 Å². The predicted octanol–water partition coefficient (Wildman–Crippen LogP) is 1.67. The maximum atomic E-state index is 12.2. The smallest absolute Gasteiger partial charge is 0.338 e. The molecular weight excluding hydrogens is 272 g/mol. The highest BCUT2D eigenvalue weighted by Crippen LogP contribution is 2.29. The Morgan fingerprint density at radius 2 is 2.05 bits per heavy atom. The normalized spacial score (nSPS) is 17.9. The number of benzene rings is 1. The average molecular weight is 290 g/mol. The zero-order chi connectivity index (χ0) is 15.4. The maximum Gasteiger partial charge on any atom is 0.338 e. The molecule has 0 radical (unpaired) electrons. The van der Waals surface area contributed by atoms with Gasteiger partial charge in [-0.3, -0.25) is 0 Å². The Hall–Kier alpha value is -2.50. The number of amides is 2. The molecule has 1 aliphatic heterocycles. The standard InChI is InChI=1S/C15H18N2O4/c1-4-21-14(18)12-9(2)16-15(19)17-13(12)10-7-5-6-8-11(10)20-3/h5-9H,4H2,1-3H3,(H2,16,17,19). The molecule has 21 heavy (non-hydrogen) atoms. The zero-order valence-electron chi connectivity index (χ0n) is 12.2. The Morgan fingerprint density at radius 1 is 1.33 bits per heavy atom. The first-order chi connectivity index (χ1) is 10.1. The van der Waals surface area contributed by atoms with Crippen LogP contribution in [-0.2, 0) is 9.53 Å². The second-order valence-electron chi connectivity index (χ2n) is 4.53. The monoisotopic (exact) mass is 290 g/mol. The molecule has 1 aromatic carbocycles. The molecule has 0 aliphatic carbocycles. The number of urea groups is 1. The van der Waals surface area contributed by atoms with Gasteiger partial charge in [0.1, 0.15) is 5.75 Å². The summed E-state index contributed by atoms with van der Waals surface area (Å²) in [6, 6.07) is 6.37. The van der Waals surface area contributed by atoms with Crippen LogP contribution in [0, 0.1) is 0 Å². The van der Waals surface area contributed by atoms with E-state index in [1.165, 1.54) is 7.11 Å². The highest BCUT2D eigenvalue weighted by molar-refractivity contribution is 6.04. The molecule has 1 aliphatic rings. The summed E-state index contributed by atoms with van der Waals surface area (Å²) in [4.78, 5) is 23.9. The van der Waals surface area contributed by atoms with Gasteiger partial charge in [-0.1, -0.05) is 12.1 Å². The minimum Gasteiger partial charge on any atom is -0.496 e. The summed E-state index contributed by atoms with van der Waals surface area (Å²) in [7, 11) is 1.54. The fourth-order valence-corrected chi connectivity index (χ4v) is 2.25. The minimum absolute atomic E-state index is 0.266. The van der Waals surface area contributed by atoms with Gasteiger partial charge in [0.05, 0.1) is 31.0 Å². The SMILES string of the molecule is CCOC(=O)C1=C(c2ccccc2OC)NC(=O)NC1C. The van der Waals surface area contributed by atoms with E-state index in [0.717, 1.165) is 0 Å². The average Bonchev–Trinajstić information content (AvgIpc) is 2.46. The maximum absolute atomic E-state index is 12.2. The lowest BCUT2D eigenvalue weighted by Gasteiger charge is -2.27. The van der Waals surface area contributed by atoms with Crippen LogP contribution in [0.5, 0.6) is 5.75 Å². The Morgan fingerprint density at radius 3 is 2.71 bits per heavy atom. The van der Waals surface area contributed by atoms with Gasteiger partial charge < -0.3 is 20.1 Å². The summed E-state index contributed by atoms with van der Waals surface area (Å²) in [5.74, 6) is 0.113. The Labute approximate surface area is 123 Å². The van der Waals surface area contributed by atoms with Crippen LogP contribution in [0.3, 0.4) is 0 Å². The highest BCUT2D eigenvalue weighted by Gasteiger charge is 2.31. The van der Waals surface area contributed by atoms with Crippen LogP contribution in [0.15, 0.2) is 29.8 Å². The van der Waals surface area contributed by atoms with Crippen molar-refractivity contribution in [2.24, 2.45) is 0 Å². The lowest BCUT2D eigenvalue weighted by atomic mass is 9.98. The lowest BCUT2D eigenvalue weighted by molar-refractivity contribution is -0.138. The molecule has 6 nitrogen and oxygen atoms in total. The number of esters is 1. The van der Waals surface area contributed by atoms with Crippen molar-refractivity contribution in [1.82, 2.24) is 10.6 Å². The van der Waals surface area contributed by atoms with Gasteiger partial charge >= 0.3 is 12.0 Å². The van der Waals surface area contributed by atoms with Crippen molar-refractivity contribution in [3.8, 4) is 5.75 Å². The summed E-state index contributed by atoms with van der Waals surface area (Å²) in [5.41, 5.74) is 1.44. The molecule has 2 amide bonds. The Bertz CT molecular complexity index is 595. The van der Waals surface area contributed by atoms with E-state index in [0.29, 0.717) is 22.6 Å². The minimum atomic E-state index is -0.460. The summed E-state index contributed by atoms with van der Waals surface area (Å²) in [5, 5.41) is 5.33. The third kappa shape index (κ3) is 2.99. The van der Waals surface area contributed by atoms with Gasteiger partial charge in [0, 0.05) is 5.56 Å². The first-order valence-corrected chi connectivity index (χ1v) is 6.70. The van der Waals surface area contributed by atoms with E-state index >= 15 is 0 Å². The second kappa shape index (κ2) is 6.30. The highest BCUT2D eigenvalue weighted by atomic mass is 16.5. The van der Waals surface area contributed by atoms with Gasteiger partial charge in [-0.05, 0) is 26.0 Å². The summed E-state index contributed by atoms with van der Waals surface area (Å²) in [6.07, 6.45) is 0. The van der Waals surface area contributed by atoms with E-state index in [9.17, 15) is 9.59 Å². The largest absolute Gasteiger partial charge is 0.496 e. The first-order valence-electron chi connectivity index (χ1n) is 6.70. The van der Waals surface area contributed by atoms with Crippen molar-refractivity contribution in [3.63, 3.8) is 0 Å². The molecule has 0 aromatic heterocycles. The van der Waals surface area contributed by atoms with Gasteiger partial charge in [-0.15, -0.1) is 0 Å². The number of para-hydroxylation sites is 1. The van der Waals surface area contributed by atoms with Crippen molar-refractivity contribution in [2.45, 2.75) is 19.9 Å². The van der Waals surface area contributed by atoms with Crippen LogP contribution in [0.4, 0.5) is 4.79 Å². The topological polar surface area (TPSA) is 76.7 Å². The number of carbonyl (C=O) groups excluding carboxylic acids is 2. The third-order valence-corrected chi connectivity index (χ3v) is 3.16. The van der Waals surface area contributed by atoms with Crippen molar-refractivity contribution in [3.05, 3.63) is 35.4 Å². The van der Waals surface area contributed by atoms with Gasteiger partial charge in [-0.25, -0.2) is 9.59 Å². The predicted molar refractivity (Wildman–Crippen MR) is 77.7 cm³/mol. The van der Waals surface area contributed by atoms with Crippen molar-refractivity contribution in [1.29, 1.82) is 0 Å². The van der Waals surface area contributed by atoms with Crippen LogP contribution < -0.4 is 15.4 Å². The summed E-state index contributed by atoms with van der Waals surface area (Å²) < 4.78 is 10.4. The molecule has 1 heterocycles. The molecule has 0 bridgehead atoms. The molecule has 0 saturated carbocycles. The Kier molecular flexibility index (Phi) is 4.47. The van der Waals surface area contributed by atoms with E-state index < -0.39 is 12.0 Å². The van der Waals surface area contributed by atoms with Gasteiger partial charge in [0.2, 0.25) is 0 Å². The molecule has 1 atom stereocenters. The number of rotatable bonds is 4. The van der Waals surface area contributed by atoms with E-state index in [1.54, 1.807) is 26.0 Å². The fourth-order valence-electron chi connectivity index (χ4n) is 2.25. The first kappa shape index (κ1) is 14.9. The van der Waals surface area contributed by atoms with Crippen LogP contribution in [0.2, 0.25) is 0 Å². The van der Waals surface area contributed by atoms with E-state index in [2.05, 4.69) is 10.6 Å². The van der Waals surface area contributed by atoms with Crippen LogP contribution >= 0.6 is 0 Å². The molecule has 0 saturated heterocycles. The molecular formula is C15H18N2O4. The second-order valence-corrected chi connectivity index (χ2v) is 4.53. The van der Waals surface area contributed by atoms with E-state index in [1.807, 2.05) is 12.1 Å². The number of carbonyl (C=O) groups is 2. The zero-order valence-corrected chi connectivity index (χ0v) is 12.2. The van der Waals surface area contributed by atoms with E-state index in [-0.39, 0.29) is 12.6 Å². The molecule has 1 unspecified atom stereocenters. The fraction of sp³-hybridized carbons (Fsp3) is 0.333. The molecule has 0 fully saturated rings. The number of hydrogen-bond acceptors (Lipinski definition) is 4. The molecule has 2 N–H and O–H groups in total. The number of ether oxygens (including phenoxy) is 2. The lowest BCUT2D eigenvalue weighted by Crippen LogP contribution is -2.48. The number of hydrogen-bond donors (Lipinski definition) is 2. The Balaban J connectivity index is 2.58.